The molecule has 0 saturated carbocycles. The van der Waals surface area contributed by atoms with E-state index in [0.717, 1.165) is 5.56 Å². The lowest BCUT2D eigenvalue weighted by Gasteiger charge is -2.12. The Morgan fingerprint density at radius 1 is 1.32 bits per heavy atom. The van der Waals surface area contributed by atoms with Gasteiger partial charge in [-0.1, -0.05) is 0 Å². The first-order chi connectivity index (χ1) is 9.06. The fourth-order valence-corrected chi connectivity index (χ4v) is 1.60. The summed E-state index contributed by atoms with van der Waals surface area (Å²) in [6, 6.07) is 6.75. The van der Waals surface area contributed by atoms with Crippen molar-refractivity contribution < 1.29 is 5.11 Å². The van der Waals surface area contributed by atoms with Gasteiger partial charge in [-0.25, -0.2) is 4.98 Å². The number of rotatable bonds is 4. The number of hydrogen-bond acceptors (Lipinski definition) is 6. The van der Waals surface area contributed by atoms with E-state index in [1.807, 2.05) is 19.0 Å². The summed E-state index contributed by atoms with van der Waals surface area (Å²) < 4.78 is 0. The van der Waals surface area contributed by atoms with E-state index in [9.17, 15) is 5.11 Å². The second-order valence-electron chi connectivity index (χ2n) is 4.38. The van der Waals surface area contributed by atoms with E-state index in [-0.39, 0.29) is 5.75 Å². The van der Waals surface area contributed by atoms with Gasteiger partial charge in [-0.15, -0.1) is 0 Å². The van der Waals surface area contributed by atoms with Crippen molar-refractivity contribution in [2.75, 3.05) is 30.0 Å². The summed E-state index contributed by atoms with van der Waals surface area (Å²) in [5.74, 6) is 1.53. The van der Waals surface area contributed by atoms with Crippen LogP contribution < -0.4 is 16.0 Å². The Labute approximate surface area is 111 Å². The van der Waals surface area contributed by atoms with Gasteiger partial charge in [0, 0.05) is 38.1 Å². The van der Waals surface area contributed by atoms with Crippen molar-refractivity contribution >= 4 is 17.5 Å². The van der Waals surface area contributed by atoms with E-state index in [1.165, 1.54) is 0 Å². The number of nitrogens with one attached hydrogen (secondary N) is 1. The lowest BCUT2D eigenvalue weighted by atomic mass is 10.2. The lowest BCUT2D eigenvalue weighted by Crippen LogP contribution is -2.13. The van der Waals surface area contributed by atoms with Crippen LogP contribution in [0.1, 0.15) is 5.56 Å². The Bertz CT molecular complexity index is 571. The van der Waals surface area contributed by atoms with Gasteiger partial charge in [-0.2, -0.15) is 4.98 Å². The van der Waals surface area contributed by atoms with Gasteiger partial charge in [-0.3, -0.25) is 0 Å². The summed E-state index contributed by atoms with van der Waals surface area (Å²) in [5, 5.41) is 12.9. The van der Waals surface area contributed by atoms with E-state index >= 15 is 0 Å². The van der Waals surface area contributed by atoms with Crippen molar-refractivity contribution in [1.29, 1.82) is 0 Å². The standard InChI is InChI=1S/C13H17N5O/c1-18(2)13-15-6-5-12(17-13)16-8-9-7-10(14)3-4-11(9)19/h3-7,19H,8,14H2,1-2H3,(H,15,16,17). The first-order valence-corrected chi connectivity index (χ1v) is 5.88. The van der Waals surface area contributed by atoms with Gasteiger partial charge in [0.2, 0.25) is 5.95 Å². The number of phenols is 1. The number of nitrogens with zero attached hydrogens (tertiary/aromatic N) is 3. The minimum absolute atomic E-state index is 0.212. The maximum Gasteiger partial charge on any atom is 0.226 e. The third kappa shape index (κ3) is 3.25. The van der Waals surface area contributed by atoms with Gasteiger partial charge < -0.3 is 21.1 Å². The van der Waals surface area contributed by atoms with E-state index in [0.29, 0.717) is 24.0 Å². The molecule has 0 fully saturated rings. The molecule has 19 heavy (non-hydrogen) atoms. The van der Waals surface area contributed by atoms with Crippen molar-refractivity contribution in [3.05, 3.63) is 36.0 Å². The summed E-state index contributed by atoms with van der Waals surface area (Å²) in [5.41, 5.74) is 7.03. The van der Waals surface area contributed by atoms with Crippen molar-refractivity contribution in [3.8, 4) is 5.75 Å². The molecule has 0 amide bonds. The van der Waals surface area contributed by atoms with E-state index in [4.69, 9.17) is 5.73 Å². The van der Waals surface area contributed by atoms with Crippen LogP contribution >= 0.6 is 0 Å². The molecule has 0 aliphatic rings. The molecule has 0 unspecified atom stereocenters. The average Bonchev–Trinajstić information content (AvgIpc) is 2.40. The van der Waals surface area contributed by atoms with Gasteiger partial charge in [0.1, 0.15) is 11.6 Å². The highest BCUT2D eigenvalue weighted by Crippen LogP contribution is 2.20. The van der Waals surface area contributed by atoms with Gasteiger partial charge in [0.05, 0.1) is 0 Å². The van der Waals surface area contributed by atoms with Crippen LogP contribution in [0, 0.1) is 0 Å². The second kappa shape index (κ2) is 5.43. The number of nitrogen functional groups attached to an aromatic ring is 1. The zero-order chi connectivity index (χ0) is 13.8. The summed E-state index contributed by atoms with van der Waals surface area (Å²) in [4.78, 5) is 10.3. The predicted octanol–water partition coefficient (Wildman–Crippen LogP) is 1.44. The van der Waals surface area contributed by atoms with Crippen molar-refractivity contribution in [2.45, 2.75) is 6.54 Å². The minimum Gasteiger partial charge on any atom is -0.508 e. The first kappa shape index (κ1) is 12.9. The predicted molar refractivity (Wildman–Crippen MR) is 76.2 cm³/mol. The van der Waals surface area contributed by atoms with Crippen LogP contribution in [0.15, 0.2) is 30.5 Å². The fraction of sp³-hybridized carbons (Fsp3) is 0.231. The molecule has 0 atom stereocenters. The lowest BCUT2D eigenvalue weighted by molar-refractivity contribution is 0.469. The number of aromatic nitrogens is 2. The SMILES string of the molecule is CN(C)c1nccc(NCc2cc(N)ccc2O)n1. The molecule has 2 rings (SSSR count). The van der Waals surface area contributed by atoms with E-state index < -0.39 is 0 Å². The van der Waals surface area contributed by atoms with Crippen molar-refractivity contribution in [3.63, 3.8) is 0 Å². The number of benzene rings is 1. The highest BCUT2D eigenvalue weighted by atomic mass is 16.3. The quantitative estimate of drug-likeness (QED) is 0.569. The summed E-state index contributed by atoms with van der Waals surface area (Å²) >= 11 is 0. The molecule has 1 aromatic carbocycles. The molecular formula is C13H17N5O. The normalized spacial score (nSPS) is 10.2. The maximum absolute atomic E-state index is 9.72. The van der Waals surface area contributed by atoms with Crippen molar-refractivity contribution in [2.24, 2.45) is 0 Å². The number of hydrogen-bond donors (Lipinski definition) is 3. The summed E-state index contributed by atoms with van der Waals surface area (Å²) in [6.07, 6.45) is 1.68. The molecule has 100 valence electrons. The molecule has 1 heterocycles. The molecule has 6 nitrogen and oxygen atoms in total. The Morgan fingerprint density at radius 2 is 2.11 bits per heavy atom. The van der Waals surface area contributed by atoms with Gasteiger partial charge in [-0.05, 0) is 24.3 Å². The number of nitrogens with two attached hydrogens (primary N) is 1. The third-order valence-electron chi connectivity index (χ3n) is 2.61. The van der Waals surface area contributed by atoms with E-state index in [1.54, 1.807) is 30.5 Å². The molecule has 0 bridgehead atoms. The molecule has 2 aromatic rings. The number of anilines is 3. The molecule has 0 aliphatic carbocycles. The molecule has 4 N–H and O–H groups in total. The van der Waals surface area contributed by atoms with Crippen LogP contribution in [-0.2, 0) is 6.54 Å². The Balaban J connectivity index is 2.10. The first-order valence-electron chi connectivity index (χ1n) is 5.88. The zero-order valence-corrected chi connectivity index (χ0v) is 11.0. The largest absolute Gasteiger partial charge is 0.508 e. The Kier molecular flexibility index (Phi) is 3.70. The Hall–Kier alpha value is -2.50. The van der Waals surface area contributed by atoms with Crippen LogP contribution in [-0.4, -0.2) is 29.2 Å². The summed E-state index contributed by atoms with van der Waals surface area (Å²) in [6.45, 7) is 0.445. The fourth-order valence-electron chi connectivity index (χ4n) is 1.60. The van der Waals surface area contributed by atoms with Crippen LogP contribution in [0.2, 0.25) is 0 Å². The molecule has 1 aromatic heterocycles. The van der Waals surface area contributed by atoms with Crippen LogP contribution in [0.4, 0.5) is 17.5 Å². The number of phenolic OH excluding ortho intramolecular Hbond substituents is 1. The minimum atomic E-state index is 0.212. The van der Waals surface area contributed by atoms with Crippen molar-refractivity contribution in [1.82, 2.24) is 9.97 Å². The summed E-state index contributed by atoms with van der Waals surface area (Å²) in [7, 11) is 3.76. The van der Waals surface area contributed by atoms with Gasteiger partial charge >= 0.3 is 0 Å². The van der Waals surface area contributed by atoms with Gasteiger partial charge in [0.25, 0.3) is 0 Å². The number of aromatic hydroxyl groups is 1. The molecule has 6 heteroatoms. The second-order valence-corrected chi connectivity index (χ2v) is 4.38. The van der Waals surface area contributed by atoms with Gasteiger partial charge in [0.15, 0.2) is 0 Å². The highest BCUT2D eigenvalue weighted by Gasteiger charge is 2.04. The van der Waals surface area contributed by atoms with Crippen LogP contribution in [0.3, 0.4) is 0 Å². The Morgan fingerprint density at radius 3 is 2.84 bits per heavy atom. The average molecular weight is 259 g/mol. The third-order valence-corrected chi connectivity index (χ3v) is 2.61. The highest BCUT2D eigenvalue weighted by molar-refractivity contribution is 5.49. The monoisotopic (exact) mass is 259 g/mol. The molecule has 0 saturated heterocycles. The molecule has 0 radical (unpaired) electrons. The molecule has 0 spiro atoms. The molecule has 0 aliphatic heterocycles. The smallest absolute Gasteiger partial charge is 0.226 e. The zero-order valence-electron chi connectivity index (χ0n) is 11.0. The van der Waals surface area contributed by atoms with E-state index in [2.05, 4.69) is 15.3 Å². The van der Waals surface area contributed by atoms with Crippen LogP contribution in [0.5, 0.6) is 5.75 Å². The topological polar surface area (TPSA) is 87.3 Å². The van der Waals surface area contributed by atoms with Crippen LogP contribution in [0.25, 0.3) is 0 Å². The molecular weight excluding hydrogens is 242 g/mol. The maximum atomic E-state index is 9.72.